The molecule has 0 saturated carbocycles. The van der Waals surface area contributed by atoms with Crippen LogP contribution in [-0.2, 0) is 6.42 Å². The number of piperidine rings is 1. The zero-order valence-electron chi connectivity index (χ0n) is 20.9. The molecule has 6 nitrogen and oxygen atoms in total. The Kier molecular flexibility index (Phi) is 7.84. The summed E-state index contributed by atoms with van der Waals surface area (Å²) in [6.45, 7) is 2.95. The van der Waals surface area contributed by atoms with Gasteiger partial charge in [-0.05, 0) is 73.9 Å². The van der Waals surface area contributed by atoms with E-state index >= 15 is 0 Å². The first-order valence-corrected chi connectivity index (χ1v) is 12.8. The van der Waals surface area contributed by atoms with Crippen molar-refractivity contribution in [3.8, 4) is 22.9 Å². The smallest absolute Gasteiger partial charge is 0.228 e. The second-order valence-electron chi connectivity index (χ2n) is 9.43. The Morgan fingerprint density at radius 2 is 2.00 bits per heavy atom. The third kappa shape index (κ3) is 5.85. The minimum atomic E-state index is -1.45. The van der Waals surface area contributed by atoms with E-state index in [1.54, 1.807) is 12.4 Å². The van der Waals surface area contributed by atoms with E-state index in [2.05, 4.69) is 20.6 Å². The number of aryl methyl sites for hydroxylation is 2. The van der Waals surface area contributed by atoms with Crippen LogP contribution < -0.4 is 15.4 Å². The van der Waals surface area contributed by atoms with E-state index in [9.17, 15) is 8.78 Å². The van der Waals surface area contributed by atoms with Crippen LogP contribution in [0.4, 0.5) is 14.7 Å². The van der Waals surface area contributed by atoms with Crippen LogP contribution in [0.15, 0.2) is 60.9 Å². The van der Waals surface area contributed by atoms with Gasteiger partial charge >= 0.3 is 0 Å². The van der Waals surface area contributed by atoms with Crippen molar-refractivity contribution < 1.29 is 13.5 Å². The van der Waals surface area contributed by atoms with Crippen molar-refractivity contribution >= 4 is 16.7 Å². The van der Waals surface area contributed by atoms with Gasteiger partial charge in [-0.15, -0.1) is 0 Å². The Labute approximate surface area is 215 Å². The second-order valence-corrected chi connectivity index (χ2v) is 9.43. The van der Waals surface area contributed by atoms with Crippen molar-refractivity contribution in [2.45, 2.75) is 44.8 Å². The standard InChI is InChI=1S/C29H31F2N5O/c1-19-9-12-23-20(10-11-21(31)17-30)5-2-7-24(23)27(19)37-28-25(8-4-15-33-28)26-13-16-34-29(36-26)35-22-6-3-14-32-18-22/h2,4-5,7-9,12-13,15-16,21-22,32H,3,6,10-11,14,17-18H2,1H3,(H,34,35,36)/t21?,22-/m0/s1. The number of fused-ring (bicyclic) bond motifs is 1. The van der Waals surface area contributed by atoms with E-state index in [4.69, 9.17) is 9.72 Å². The monoisotopic (exact) mass is 503 g/mol. The quantitative estimate of drug-likeness (QED) is 0.284. The molecule has 192 valence electrons. The molecule has 2 atom stereocenters. The number of rotatable bonds is 9. The van der Waals surface area contributed by atoms with Gasteiger partial charge in [0.1, 0.15) is 18.6 Å². The highest BCUT2D eigenvalue weighted by Gasteiger charge is 2.17. The first-order valence-electron chi connectivity index (χ1n) is 12.8. The van der Waals surface area contributed by atoms with E-state index in [1.165, 1.54) is 0 Å². The molecule has 0 amide bonds. The summed E-state index contributed by atoms with van der Waals surface area (Å²) in [7, 11) is 0. The number of nitrogens with one attached hydrogen (secondary N) is 2. The number of alkyl halides is 2. The molecular formula is C29H31F2N5O. The summed E-state index contributed by atoms with van der Waals surface area (Å²) in [5.74, 6) is 1.70. The number of pyridine rings is 1. The lowest BCUT2D eigenvalue weighted by molar-refractivity contribution is 0.248. The summed E-state index contributed by atoms with van der Waals surface area (Å²) < 4.78 is 32.7. The molecule has 3 heterocycles. The van der Waals surface area contributed by atoms with E-state index in [0.717, 1.165) is 53.4 Å². The molecular weight excluding hydrogens is 472 g/mol. The van der Waals surface area contributed by atoms with Gasteiger partial charge in [-0.1, -0.05) is 30.3 Å². The highest BCUT2D eigenvalue weighted by molar-refractivity contribution is 5.92. The second kappa shape index (κ2) is 11.6. The van der Waals surface area contributed by atoms with Crippen molar-refractivity contribution in [3.05, 3.63) is 72.1 Å². The average molecular weight is 504 g/mol. The molecule has 8 heteroatoms. The van der Waals surface area contributed by atoms with Gasteiger partial charge in [-0.25, -0.2) is 23.7 Å². The predicted molar refractivity (Wildman–Crippen MR) is 143 cm³/mol. The normalized spacial score (nSPS) is 16.5. The number of hydrogen-bond acceptors (Lipinski definition) is 6. The van der Waals surface area contributed by atoms with Crippen LogP contribution in [0, 0.1) is 6.92 Å². The minimum Gasteiger partial charge on any atom is -0.437 e. The van der Waals surface area contributed by atoms with Gasteiger partial charge in [0.15, 0.2) is 0 Å². The maximum absolute atomic E-state index is 13.6. The Bertz CT molecular complexity index is 1360. The molecule has 0 aliphatic carbocycles. The van der Waals surface area contributed by atoms with Crippen molar-refractivity contribution in [3.63, 3.8) is 0 Å². The van der Waals surface area contributed by atoms with Gasteiger partial charge in [0.2, 0.25) is 11.8 Å². The number of nitrogens with zero attached hydrogens (tertiary/aromatic N) is 3. The van der Waals surface area contributed by atoms with Crippen LogP contribution in [0.3, 0.4) is 0 Å². The van der Waals surface area contributed by atoms with Gasteiger partial charge in [-0.2, -0.15) is 0 Å². The number of benzene rings is 2. The molecule has 1 saturated heterocycles. The Morgan fingerprint density at radius 3 is 2.84 bits per heavy atom. The van der Waals surface area contributed by atoms with Crippen LogP contribution in [0.2, 0.25) is 0 Å². The molecule has 1 fully saturated rings. The van der Waals surface area contributed by atoms with E-state index in [-0.39, 0.29) is 6.42 Å². The van der Waals surface area contributed by atoms with Crippen LogP contribution in [-0.4, -0.2) is 46.9 Å². The minimum absolute atomic E-state index is 0.144. The molecule has 2 aromatic heterocycles. The van der Waals surface area contributed by atoms with E-state index in [1.807, 2.05) is 55.5 Å². The average Bonchev–Trinajstić information content (AvgIpc) is 2.94. The number of anilines is 1. The zero-order chi connectivity index (χ0) is 25.6. The van der Waals surface area contributed by atoms with Crippen molar-refractivity contribution in [1.29, 1.82) is 0 Å². The largest absolute Gasteiger partial charge is 0.437 e. The number of ether oxygens (including phenoxy) is 1. The molecule has 2 aromatic carbocycles. The molecule has 1 aliphatic heterocycles. The molecule has 4 aromatic rings. The van der Waals surface area contributed by atoms with Gasteiger partial charge in [-0.3, -0.25) is 0 Å². The maximum atomic E-state index is 13.6. The van der Waals surface area contributed by atoms with Crippen molar-refractivity contribution in [2.75, 3.05) is 25.1 Å². The van der Waals surface area contributed by atoms with Gasteiger partial charge < -0.3 is 15.4 Å². The van der Waals surface area contributed by atoms with Crippen LogP contribution in [0.1, 0.15) is 30.4 Å². The third-order valence-electron chi connectivity index (χ3n) is 6.73. The third-order valence-corrected chi connectivity index (χ3v) is 6.73. The first-order chi connectivity index (χ1) is 18.1. The molecule has 1 aliphatic rings. The topological polar surface area (TPSA) is 72.0 Å². The van der Waals surface area contributed by atoms with Crippen molar-refractivity contribution in [1.82, 2.24) is 20.3 Å². The number of aromatic nitrogens is 3. The number of hydrogen-bond donors (Lipinski definition) is 2. The Hall–Kier alpha value is -3.65. The van der Waals surface area contributed by atoms with Gasteiger partial charge in [0, 0.05) is 30.4 Å². The molecule has 37 heavy (non-hydrogen) atoms. The summed E-state index contributed by atoms with van der Waals surface area (Å²) in [5, 5.41) is 8.68. The molecule has 0 spiro atoms. The zero-order valence-corrected chi connectivity index (χ0v) is 20.9. The Morgan fingerprint density at radius 1 is 1.08 bits per heavy atom. The summed E-state index contributed by atoms with van der Waals surface area (Å²) in [6, 6.07) is 15.8. The highest BCUT2D eigenvalue weighted by Crippen LogP contribution is 2.37. The van der Waals surface area contributed by atoms with Crippen LogP contribution in [0.25, 0.3) is 22.0 Å². The molecule has 0 bridgehead atoms. The summed E-state index contributed by atoms with van der Waals surface area (Å²) in [5.41, 5.74) is 3.38. The molecule has 5 rings (SSSR count). The Balaban J connectivity index is 1.45. The lowest BCUT2D eigenvalue weighted by atomic mass is 9.97. The lowest BCUT2D eigenvalue weighted by Crippen LogP contribution is -2.38. The van der Waals surface area contributed by atoms with Crippen LogP contribution >= 0.6 is 0 Å². The SMILES string of the molecule is Cc1ccc2c(CCC(F)CF)cccc2c1Oc1ncccc1-c1ccnc(N[C@H]2CCCNC2)n1. The van der Waals surface area contributed by atoms with E-state index in [0.29, 0.717) is 35.7 Å². The highest BCUT2D eigenvalue weighted by atomic mass is 19.2. The van der Waals surface area contributed by atoms with Crippen LogP contribution in [0.5, 0.6) is 11.6 Å². The van der Waals surface area contributed by atoms with Gasteiger partial charge in [0.05, 0.1) is 11.3 Å². The fourth-order valence-corrected chi connectivity index (χ4v) is 4.75. The molecule has 2 N–H and O–H groups in total. The first kappa shape index (κ1) is 25.0. The fraction of sp³-hybridized carbons (Fsp3) is 0.345. The summed E-state index contributed by atoms with van der Waals surface area (Å²) >= 11 is 0. The maximum Gasteiger partial charge on any atom is 0.228 e. The van der Waals surface area contributed by atoms with E-state index < -0.39 is 12.8 Å². The lowest BCUT2D eigenvalue weighted by Gasteiger charge is -2.23. The summed E-state index contributed by atoms with van der Waals surface area (Å²) in [6.07, 6.45) is 4.77. The predicted octanol–water partition coefficient (Wildman–Crippen LogP) is 6.20. The number of halogens is 2. The summed E-state index contributed by atoms with van der Waals surface area (Å²) in [4.78, 5) is 13.7. The molecule has 0 radical (unpaired) electrons. The van der Waals surface area contributed by atoms with Gasteiger partial charge in [0.25, 0.3) is 0 Å². The van der Waals surface area contributed by atoms with Crippen molar-refractivity contribution in [2.24, 2.45) is 0 Å². The molecule has 1 unspecified atom stereocenters. The fourth-order valence-electron chi connectivity index (χ4n) is 4.75.